The molecule has 0 saturated carbocycles. The van der Waals surface area contributed by atoms with Gasteiger partial charge in [0.2, 0.25) is 0 Å². The Kier molecular flexibility index (Phi) is 3.67. The topological polar surface area (TPSA) is 35.5 Å². The van der Waals surface area contributed by atoms with Crippen molar-refractivity contribution < 1.29 is 14.3 Å². The summed E-state index contributed by atoms with van der Waals surface area (Å²) in [6.45, 7) is 0. The number of carbonyl (C=O) groups is 1. The Hall–Kier alpha value is -2.26. The van der Waals surface area contributed by atoms with Crippen LogP contribution in [0.3, 0.4) is 0 Å². The van der Waals surface area contributed by atoms with Gasteiger partial charge in [-0.15, -0.1) is 0 Å². The van der Waals surface area contributed by atoms with Crippen molar-refractivity contribution >= 4 is 22.9 Å². The van der Waals surface area contributed by atoms with Crippen LogP contribution < -0.4 is 9.47 Å². The van der Waals surface area contributed by atoms with E-state index in [1.54, 1.807) is 7.11 Å². The molecule has 0 radical (unpaired) electrons. The molecule has 0 spiro atoms. The van der Waals surface area contributed by atoms with E-state index in [4.69, 9.17) is 21.1 Å². The lowest BCUT2D eigenvalue weighted by Gasteiger charge is -2.28. The van der Waals surface area contributed by atoms with Gasteiger partial charge in [-0.2, -0.15) is 0 Å². The Morgan fingerprint density at radius 1 is 1.14 bits per heavy atom. The van der Waals surface area contributed by atoms with Gasteiger partial charge < -0.3 is 9.47 Å². The second-order valence-electron chi connectivity index (χ2n) is 4.62. The normalized spacial score (nSPS) is 17.0. The van der Waals surface area contributed by atoms with Crippen LogP contribution in [-0.4, -0.2) is 13.4 Å². The van der Waals surface area contributed by atoms with E-state index < -0.39 is 6.10 Å². The van der Waals surface area contributed by atoms with Crippen molar-refractivity contribution in [2.24, 2.45) is 0 Å². The van der Waals surface area contributed by atoms with Gasteiger partial charge in [0, 0.05) is 11.1 Å². The third kappa shape index (κ3) is 2.30. The molecule has 1 aliphatic heterocycles. The summed E-state index contributed by atoms with van der Waals surface area (Å²) in [6.07, 6.45) is 0.177. The highest BCUT2D eigenvalue weighted by Crippen LogP contribution is 2.44. The number of carbonyl (C=O) groups excluding carboxylic acids is 1. The lowest BCUT2D eigenvalue weighted by atomic mass is 9.96. The zero-order valence-corrected chi connectivity index (χ0v) is 12.1. The summed E-state index contributed by atoms with van der Waals surface area (Å²) < 4.78 is 11.3. The number of halogens is 1. The Bertz CT molecular complexity index is 721. The number of hydrogen-bond acceptors (Lipinski definition) is 3. The fraction of sp³-hybridized carbons (Fsp3) is 0.118. The molecule has 1 atom stereocenters. The SMILES string of the molecule is COc1ccccc1C1Oc2ccccc2C(Cl)=C1C=O. The zero-order chi connectivity index (χ0) is 14.8. The maximum absolute atomic E-state index is 11.5. The molecule has 0 N–H and O–H groups in total. The Morgan fingerprint density at radius 2 is 1.86 bits per heavy atom. The molecular formula is C17H13ClO3. The number of para-hydroxylation sites is 2. The highest BCUT2D eigenvalue weighted by atomic mass is 35.5. The first kappa shape index (κ1) is 13.7. The molecule has 1 unspecified atom stereocenters. The highest BCUT2D eigenvalue weighted by molar-refractivity contribution is 6.51. The van der Waals surface area contributed by atoms with Gasteiger partial charge in [0.15, 0.2) is 12.4 Å². The Labute approximate surface area is 127 Å². The van der Waals surface area contributed by atoms with Crippen LogP contribution >= 0.6 is 11.6 Å². The molecule has 106 valence electrons. The molecule has 3 nitrogen and oxygen atoms in total. The van der Waals surface area contributed by atoms with Crippen molar-refractivity contribution in [3.8, 4) is 11.5 Å². The Morgan fingerprint density at radius 3 is 2.62 bits per heavy atom. The minimum Gasteiger partial charge on any atom is -0.496 e. The molecule has 1 aliphatic rings. The fourth-order valence-electron chi connectivity index (χ4n) is 2.44. The quantitative estimate of drug-likeness (QED) is 0.804. The van der Waals surface area contributed by atoms with Crippen molar-refractivity contribution in [1.29, 1.82) is 0 Å². The third-order valence-corrected chi connectivity index (χ3v) is 3.87. The first-order chi connectivity index (χ1) is 10.3. The Balaban J connectivity index is 2.17. The smallest absolute Gasteiger partial charge is 0.157 e. The predicted octanol–water partition coefficient (Wildman–Crippen LogP) is 3.98. The van der Waals surface area contributed by atoms with E-state index in [9.17, 15) is 4.79 Å². The minimum atomic E-state index is -0.568. The van der Waals surface area contributed by atoms with Gasteiger partial charge >= 0.3 is 0 Å². The monoisotopic (exact) mass is 300 g/mol. The van der Waals surface area contributed by atoms with E-state index in [2.05, 4.69) is 0 Å². The third-order valence-electron chi connectivity index (χ3n) is 3.45. The van der Waals surface area contributed by atoms with Gasteiger partial charge in [-0.1, -0.05) is 41.9 Å². The van der Waals surface area contributed by atoms with Gasteiger partial charge in [0.25, 0.3) is 0 Å². The summed E-state index contributed by atoms with van der Waals surface area (Å²) in [5, 5.41) is 0.419. The van der Waals surface area contributed by atoms with Crippen LogP contribution in [0.4, 0.5) is 0 Å². The van der Waals surface area contributed by atoms with Crippen molar-refractivity contribution in [2.45, 2.75) is 6.10 Å². The number of fused-ring (bicyclic) bond motifs is 1. The number of hydrogen-bond donors (Lipinski definition) is 0. The first-order valence-corrected chi connectivity index (χ1v) is 6.88. The number of benzene rings is 2. The molecule has 3 rings (SSSR count). The maximum Gasteiger partial charge on any atom is 0.157 e. The lowest BCUT2D eigenvalue weighted by molar-refractivity contribution is -0.105. The van der Waals surface area contributed by atoms with Gasteiger partial charge in [0.1, 0.15) is 11.5 Å². The molecule has 0 bridgehead atoms. The van der Waals surface area contributed by atoms with Crippen molar-refractivity contribution in [2.75, 3.05) is 7.11 Å². The van der Waals surface area contributed by atoms with E-state index >= 15 is 0 Å². The first-order valence-electron chi connectivity index (χ1n) is 6.50. The molecule has 0 fully saturated rings. The molecule has 0 aliphatic carbocycles. The van der Waals surface area contributed by atoms with E-state index in [1.165, 1.54) is 0 Å². The average molecular weight is 301 g/mol. The van der Waals surface area contributed by atoms with E-state index in [0.717, 1.165) is 17.4 Å². The van der Waals surface area contributed by atoms with Gasteiger partial charge in [-0.25, -0.2) is 0 Å². The number of methoxy groups -OCH3 is 1. The largest absolute Gasteiger partial charge is 0.496 e. The second kappa shape index (κ2) is 5.62. The summed E-state index contributed by atoms with van der Waals surface area (Å²) in [6, 6.07) is 14.8. The van der Waals surface area contributed by atoms with Gasteiger partial charge in [-0.05, 0) is 18.2 Å². The van der Waals surface area contributed by atoms with Gasteiger partial charge in [0.05, 0.1) is 17.7 Å². The second-order valence-corrected chi connectivity index (χ2v) is 5.00. The van der Waals surface area contributed by atoms with Crippen molar-refractivity contribution in [3.05, 3.63) is 65.2 Å². The summed E-state index contributed by atoms with van der Waals surface area (Å²) in [5.41, 5.74) is 1.90. The van der Waals surface area contributed by atoms with Crippen molar-refractivity contribution in [3.63, 3.8) is 0 Å². The number of ether oxygens (including phenoxy) is 2. The average Bonchev–Trinajstić information content (AvgIpc) is 2.54. The van der Waals surface area contributed by atoms with E-state index in [-0.39, 0.29) is 0 Å². The molecule has 0 amide bonds. The summed E-state index contributed by atoms with van der Waals surface area (Å²) in [4.78, 5) is 11.5. The highest BCUT2D eigenvalue weighted by Gasteiger charge is 2.30. The maximum atomic E-state index is 11.5. The fourth-order valence-corrected chi connectivity index (χ4v) is 2.74. The predicted molar refractivity (Wildman–Crippen MR) is 81.6 cm³/mol. The standard InChI is InChI=1S/C17H13ClO3/c1-20-14-8-4-3-7-12(14)17-13(10-19)16(18)11-6-2-5-9-15(11)21-17/h2-10,17H,1H3. The molecule has 21 heavy (non-hydrogen) atoms. The van der Waals surface area contributed by atoms with Crippen LogP contribution in [0.5, 0.6) is 11.5 Å². The van der Waals surface area contributed by atoms with Crippen molar-refractivity contribution in [1.82, 2.24) is 0 Å². The molecular weight excluding hydrogens is 288 g/mol. The van der Waals surface area contributed by atoms with Crippen LogP contribution in [0, 0.1) is 0 Å². The minimum absolute atomic E-state index is 0.403. The van der Waals surface area contributed by atoms with Crippen LogP contribution in [0.25, 0.3) is 5.03 Å². The van der Waals surface area contributed by atoms with Crippen LogP contribution in [0.1, 0.15) is 17.2 Å². The number of aldehydes is 1. The van der Waals surface area contributed by atoms with E-state index in [1.807, 2.05) is 48.5 Å². The van der Waals surface area contributed by atoms with Crippen LogP contribution in [-0.2, 0) is 4.79 Å². The summed E-state index contributed by atoms with van der Waals surface area (Å²) in [7, 11) is 1.58. The summed E-state index contributed by atoms with van der Waals surface area (Å²) in [5.74, 6) is 1.31. The van der Waals surface area contributed by atoms with Gasteiger partial charge in [-0.3, -0.25) is 4.79 Å². The van der Waals surface area contributed by atoms with Crippen LogP contribution in [0.15, 0.2) is 54.1 Å². The lowest BCUT2D eigenvalue weighted by Crippen LogP contribution is -2.18. The zero-order valence-electron chi connectivity index (χ0n) is 11.4. The molecule has 4 heteroatoms. The molecule has 0 aromatic heterocycles. The number of rotatable bonds is 3. The molecule has 0 saturated heterocycles. The van der Waals surface area contributed by atoms with E-state index in [0.29, 0.717) is 22.1 Å². The van der Waals surface area contributed by atoms with Crippen LogP contribution in [0.2, 0.25) is 0 Å². The molecule has 2 aromatic rings. The molecule has 1 heterocycles. The molecule has 2 aromatic carbocycles. The summed E-state index contributed by atoms with van der Waals surface area (Å²) >= 11 is 6.38.